The highest BCUT2D eigenvalue weighted by molar-refractivity contribution is 6.07. The van der Waals surface area contributed by atoms with Crippen LogP contribution in [0.5, 0.6) is 0 Å². The number of carbonyl (C=O) groups is 3. The number of benzene rings is 3. The molecule has 1 aliphatic rings. The zero-order valence-electron chi connectivity index (χ0n) is 18.3. The molecule has 2 N–H and O–H groups in total. The summed E-state index contributed by atoms with van der Waals surface area (Å²) < 4.78 is 13.3. The Balaban J connectivity index is 1.53. The van der Waals surface area contributed by atoms with Crippen molar-refractivity contribution in [3.8, 4) is 11.1 Å². The topological polar surface area (TPSA) is 78.5 Å². The first-order valence-electron chi connectivity index (χ1n) is 10.6. The van der Waals surface area contributed by atoms with Gasteiger partial charge in [0.25, 0.3) is 5.91 Å². The lowest BCUT2D eigenvalue weighted by atomic mass is 9.95. The molecule has 3 amide bonds. The minimum atomic E-state index is -1.05. The third-order valence-electron chi connectivity index (χ3n) is 5.83. The molecule has 3 aromatic carbocycles. The van der Waals surface area contributed by atoms with Crippen molar-refractivity contribution in [1.82, 2.24) is 10.6 Å². The van der Waals surface area contributed by atoms with Crippen molar-refractivity contribution < 1.29 is 18.8 Å². The predicted octanol–water partition coefficient (Wildman–Crippen LogP) is 3.58. The Morgan fingerprint density at radius 3 is 2.42 bits per heavy atom. The van der Waals surface area contributed by atoms with Gasteiger partial charge in [0.2, 0.25) is 11.8 Å². The molecular formula is C26H24FN3O3. The quantitative estimate of drug-likeness (QED) is 0.590. The van der Waals surface area contributed by atoms with Gasteiger partial charge in [0.05, 0.1) is 5.69 Å². The highest BCUT2D eigenvalue weighted by Gasteiger charge is 2.34. The molecule has 0 spiro atoms. The molecule has 0 saturated heterocycles. The van der Waals surface area contributed by atoms with E-state index in [1.54, 1.807) is 19.2 Å². The molecule has 1 aliphatic heterocycles. The fourth-order valence-electron chi connectivity index (χ4n) is 3.95. The lowest BCUT2D eigenvalue weighted by Gasteiger charge is -2.24. The molecule has 33 heavy (non-hydrogen) atoms. The minimum absolute atomic E-state index is 0.0947. The first-order chi connectivity index (χ1) is 15.9. The second kappa shape index (κ2) is 9.24. The lowest BCUT2D eigenvalue weighted by molar-refractivity contribution is -0.136. The Morgan fingerprint density at radius 1 is 0.970 bits per heavy atom. The number of likely N-dealkylation sites (N-methyl/N-ethyl adjacent to an activating group) is 1. The van der Waals surface area contributed by atoms with Gasteiger partial charge in [-0.1, -0.05) is 54.6 Å². The van der Waals surface area contributed by atoms with Gasteiger partial charge in [-0.2, -0.15) is 0 Å². The van der Waals surface area contributed by atoms with Gasteiger partial charge in [-0.25, -0.2) is 4.39 Å². The molecule has 0 unspecified atom stereocenters. The van der Waals surface area contributed by atoms with E-state index in [2.05, 4.69) is 10.6 Å². The molecule has 3 aromatic rings. The molecule has 0 radical (unpaired) electrons. The van der Waals surface area contributed by atoms with Crippen LogP contribution in [0.3, 0.4) is 0 Å². The van der Waals surface area contributed by atoms with E-state index in [9.17, 15) is 18.8 Å². The van der Waals surface area contributed by atoms with Crippen molar-refractivity contribution >= 4 is 23.4 Å². The summed E-state index contributed by atoms with van der Waals surface area (Å²) in [6, 6.07) is 19.9. The zero-order valence-corrected chi connectivity index (χ0v) is 18.3. The second-order valence-corrected chi connectivity index (χ2v) is 8.01. The maximum Gasteiger partial charge on any atom is 0.253 e. The van der Waals surface area contributed by atoms with Gasteiger partial charge in [-0.05, 0) is 41.8 Å². The van der Waals surface area contributed by atoms with Crippen LogP contribution in [-0.2, 0) is 20.9 Å². The second-order valence-electron chi connectivity index (χ2n) is 8.01. The molecule has 7 heteroatoms. The van der Waals surface area contributed by atoms with Crippen LogP contribution >= 0.6 is 0 Å². The summed E-state index contributed by atoms with van der Waals surface area (Å²) in [5.74, 6) is -2.83. The van der Waals surface area contributed by atoms with Crippen molar-refractivity contribution in [2.24, 2.45) is 5.92 Å². The van der Waals surface area contributed by atoms with Crippen LogP contribution in [0.25, 0.3) is 11.1 Å². The Hall–Kier alpha value is -4.00. The summed E-state index contributed by atoms with van der Waals surface area (Å²) in [4.78, 5) is 40.4. The fraction of sp³-hybridized carbons (Fsp3) is 0.192. The molecule has 6 nitrogen and oxygen atoms in total. The van der Waals surface area contributed by atoms with Crippen LogP contribution < -0.4 is 15.5 Å². The molecule has 0 fully saturated rings. The number of halogens is 1. The summed E-state index contributed by atoms with van der Waals surface area (Å²) in [5.41, 5.74) is 3.73. The van der Waals surface area contributed by atoms with E-state index in [4.69, 9.17) is 0 Å². The number of carbonyl (C=O) groups excluding carboxylic acids is 3. The monoisotopic (exact) mass is 445 g/mol. The highest BCUT2D eigenvalue weighted by Crippen LogP contribution is 2.39. The van der Waals surface area contributed by atoms with Gasteiger partial charge >= 0.3 is 0 Å². The summed E-state index contributed by atoms with van der Waals surface area (Å²) in [5, 5.41) is 5.42. The van der Waals surface area contributed by atoms with E-state index in [1.165, 1.54) is 24.0 Å². The summed E-state index contributed by atoms with van der Waals surface area (Å²) in [6.45, 7) is 1.57. The first-order valence-corrected chi connectivity index (χ1v) is 10.6. The average Bonchev–Trinajstić information content (AvgIpc) is 2.92. The number of nitrogens with zero attached hydrogens (tertiary/aromatic N) is 1. The maximum absolute atomic E-state index is 13.3. The zero-order chi connectivity index (χ0) is 23.5. The molecule has 168 valence electrons. The third-order valence-corrected chi connectivity index (χ3v) is 5.83. The molecule has 0 aliphatic carbocycles. The average molecular weight is 445 g/mol. The van der Waals surface area contributed by atoms with E-state index in [1.807, 2.05) is 48.5 Å². The van der Waals surface area contributed by atoms with E-state index < -0.39 is 29.6 Å². The van der Waals surface area contributed by atoms with Gasteiger partial charge < -0.3 is 15.5 Å². The molecule has 2 atom stereocenters. The number of amides is 3. The van der Waals surface area contributed by atoms with Gasteiger partial charge in [-0.15, -0.1) is 0 Å². The number of rotatable bonds is 5. The Kier molecular flexibility index (Phi) is 6.22. The largest absolute Gasteiger partial charge is 0.351 e. The highest BCUT2D eigenvalue weighted by atomic mass is 19.1. The normalized spacial score (nSPS) is 15.7. The Labute approximate surface area is 191 Å². The maximum atomic E-state index is 13.3. The Morgan fingerprint density at radius 2 is 1.67 bits per heavy atom. The molecule has 0 aromatic heterocycles. The first kappa shape index (κ1) is 22.2. The van der Waals surface area contributed by atoms with Crippen molar-refractivity contribution in [2.75, 3.05) is 11.9 Å². The summed E-state index contributed by atoms with van der Waals surface area (Å²) in [6.07, 6.45) is 0. The van der Waals surface area contributed by atoms with Crippen LogP contribution in [0, 0.1) is 11.7 Å². The van der Waals surface area contributed by atoms with Gasteiger partial charge in [0.1, 0.15) is 17.8 Å². The molecule has 4 rings (SSSR count). The summed E-state index contributed by atoms with van der Waals surface area (Å²) in [7, 11) is 1.67. The van der Waals surface area contributed by atoms with Crippen LogP contribution in [0.2, 0.25) is 0 Å². The smallest absolute Gasteiger partial charge is 0.253 e. The van der Waals surface area contributed by atoms with Crippen molar-refractivity contribution in [1.29, 1.82) is 0 Å². The third kappa shape index (κ3) is 4.48. The molecule has 1 heterocycles. The lowest BCUT2D eigenvalue weighted by Crippen LogP contribution is -2.45. The number of para-hydroxylation sites is 1. The number of hydrogen-bond donors (Lipinski definition) is 2. The van der Waals surface area contributed by atoms with Crippen molar-refractivity contribution in [3.63, 3.8) is 0 Å². The van der Waals surface area contributed by atoms with Crippen molar-refractivity contribution in [2.45, 2.75) is 19.5 Å². The molecule has 0 bridgehead atoms. The van der Waals surface area contributed by atoms with E-state index in [0.717, 1.165) is 16.8 Å². The van der Waals surface area contributed by atoms with Crippen LogP contribution in [0.1, 0.15) is 24.1 Å². The van der Waals surface area contributed by atoms with Crippen LogP contribution in [0.15, 0.2) is 72.8 Å². The number of fused-ring (bicyclic) bond motifs is 3. The number of hydrogen-bond acceptors (Lipinski definition) is 3. The number of anilines is 1. The fourth-order valence-corrected chi connectivity index (χ4v) is 3.95. The van der Waals surface area contributed by atoms with E-state index >= 15 is 0 Å². The van der Waals surface area contributed by atoms with Gasteiger partial charge in [0.15, 0.2) is 0 Å². The van der Waals surface area contributed by atoms with Crippen LogP contribution in [0.4, 0.5) is 10.1 Å². The number of nitrogens with one attached hydrogen (secondary N) is 2. The van der Waals surface area contributed by atoms with Crippen LogP contribution in [-0.4, -0.2) is 24.8 Å². The Bertz CT molecular complexity index is 1230. The predicted molar refractivity (Wildman–Crippen MR) is 124 cm³/mol. The van der Waals surface area contributed by atoms with E-state index in [-0.39, 0.29) is 12.5 Å². The summed E-state index contributed by atoms with van der Waals surface area (Å²) >= 11 is 0. The van der Waals surface area contributed by atoms with Crippen molar-refractivity contribution in [3.05, 3.63) is 89.7 Å². The van der Waals surface area contributed by atoms with E-state index in [0.29, 0.717) is 11.1 Å². The molecule has 0 saturated carbocycles. The standard InChI is InChI=1S/C26H24FN3O3/c1-16(24(31)28-15-17-8-7-9-18(27)14-17)25(32)29-23-21-12-4-3-10-19(21)20-11-5-6-13-22(20)30(2)26(23)33/h3-14,16,23H,15H2,1-2H3,(H,28,31)(H,29,32)/t16-,23-/m0/s1. The van der Waals surface area contributed by atoms with Gasteiger partial charge in [0, 0.05) is 19.2 Å². The molecular weight excluding hydrogens is 421 g/mol. The SMILES string of the molecule is C[C@@H](C(=O)NCc1cccc(F)c1)C(=O)N[C@@H]1C(=O)N(C)c2ccccc2-c2ccccc21. The minimum Gasteiger partial charge on any atom is -0.351 e. The van der Waals surface area contributed by atoms with Gasteiger partial charge in [-0.3, -0.25) is 14.4 Å².